The van der Waals surface area contributed by atoms with Crippen molar-refractivity contribution < 1.29 is 4.79 Å². The Morgan fingerprint density at radius 3 is 2.79 bits per heavy atom. The van der Waals surface area contributed by atoms with Crippen LogP contribution in [0.1, 0.15) is 58.3 Å². The first-order valence-corrected chi connectivity index (χ1v) is 8.24. The number of fused-ring (bicyclic) bond motifs is 1. The van der Waals surface area contributed by atoms with Gasteiger partial charge in [-0.2, -0.15) is 0 Å². The predicted molar refractivity (Wildman–Crippen MR) is 76.8 cm³/mol. The molecule has 19 heavy (non-hydrogen) atoms. The van der Waals surface area contributed by atoms with Gasteiger partial charge in [-0.3, -0.25) is 4.79 Å². The summed E-state index contributed by atoms with van der Waals surface area (Å²) in [5.74, 6) is 1.60. The zero-order chi connectivity index (χ0) is 13.3. The van der Waals surface area contributed by atoms with E-state index in [2.05, 4.69) is 17.6 Å². The molecule has 2 saturated carbocycles. The fourth-order valence-corrected chi connectivity index (χ4v) is 4.53. The Hall–Kier alpha value is -0.570. The smallest absolute Gasteiger partial charge is 0.228 e. The standard InChI is InChI=1S/C16H28N2O/c1-12-6-2-3-8-14(12)18-15(19)16-9-5-4-7-13(16)10-17-11-16/h12-14,17H,2-11H2,1H3,(H,18,19)/t12?,13-,14?,16+/m0/s1. The van der Waals surface area contributed by atoms with Crippen molar-refractivity contribution in [3.63, 3.8) is 0 Å². The first kappa shape index (κ1) is 13.4. The molecule has 3 rings (SSSR count). The molecule has 4 atom stereocenters. The highest BCUT2D eigenvalue weighted by Gasteiger charge is 2.50. The minimum Gasteiger partial charge on any atom is -0.353 e. The summed E-state index contributed by atoms with van der Waals surface area (Å²) in [6.07, 6.45) is 9.94. The van der Waals surface area contributed by atoms with Gasteiger partial charge >= 0.3 is 0 Å². The lowest BCUT2D eigenvalue weighted by molar-refractivity contribution is -0.135. The molecule has 2 unspecified atom stereocenters. The van der Waals surface area contributed by atoms with E-state index < -0.39 is 0 Å². The Morgan fingerprint density at radius 2 is 1.95 bits per heavy atom. The molecular weight excluding hydrogens is 236 g/mol. The number of carbonyl (C=O) groups excluding carboxylic acids is 1. The van der Waals surface area contributed by atoms with Gasteiger partial charge in [0.15, 0.2) is 0 Å². The molecule has 2 N–H and O–H groups in total. The van der Waals surface area contributed by atoms with Crippen LogP contribution in [0, 0.1) is 17.3 Å². The Kier molecular flexibility index (Phi) is 3.84. The molecule has 3 nitrogen and oxygen atoms in total. The Labute approximate surface area is 116 Å². The number of hydrogen-bond acceptors (Lipinski definition) is 2. The maximum Gasteiger partial charge on any atom is 0.228 e. The van der Waals surface area contributed by atoms with Crippen molar-refractivity contribution in [1.82, 2.24) is 10.6 Å². The second-order valence-electron chi connectivity index (χ2n) is 7.07. The normalized spacial score (nSPS) is 42.7. The van der Waals surface area contributed by atoms with Crippen LogP contribution in [0.15, 0.2) is 0 Å². The summed E-state index contributed by atoms with van der Waals surface area (Å²) >= 11 is 0. The number of nitrogens with one attached hydrogen (secondary N) is 2. The van der Waals surface area contributed by atoms with Gasteiger partial charge in [-0.1, -0.05) is 32.6 Å². The van der Waals surface area contributed by atoms with Crippen molar-refractivity contribution in [2.24, 2.45) is 17.3 Å². The molecule has 1 saturated heterocycles. The van der Waals surface area contributed by atoms with Gasteiger partial charge in [0.1, 0.15) is 0 Å². The first-order chi connectivity index (χ1) is 9.22. The highest BCUT2D eigenvalue weighted by Crippen LogP contribution is 2.44. The van der Waals surface area contributed by atoms with Gasteiger partial charge < -0.3 is 10.6 Å². The van der Waals surface area contributed by atoms with E-state index in [1.807, 2.05) is 0 Å². The van der Waals surface area contributed by atoms with Crippen molar-refractivity contribution >= 4 is 5.91 Å². The minimum atomic E-state index is -0.0740. The lowest BCUT2D eigenvalue weighted by Gasteiger charge is -2.39. The molecule has 3 aliphatic rings. The maximum absolute atomic E-state index is 12.9. The second-order valence-corrected chi connectivity index (χ2v) is 7.07. The number of amides is 1. The molecule has 1 heterocycles. The Morgan fingerprint density at radius 1 is 1.16 bits per heavy atom. The zero-order valence-corrected chi connectivity index (χ0v) is 12.2. The summed E-state index contributed by atoms with van der Waals surface area (Å²) in [6.45, 7) is 4.26. The summed E-state index contributed by atoms with van der Waals surface area (Å²) in [5.41, 5.74) is -0.0740. The molecule has 0 aromatic carbocycles. The van der Waals surface area contributed by atoms with Gasteiger partial charge in [-0.05, 0) is 44.1 Å². The molecule has 0 radical (unpaired) electrons. The largest absolute Gasteiger partial charge is 0.353 e. The van der Waals surface area contributed by atoms with Crippen molar-refractivity contribution in [2.75, 3.05) is 13.1 Å². The average Bonchev–Trinajstić information content (AvgIpc) is 2.86. The van der Waals surface area contributed by atoms with Crippen LogP contribution in [0.2, 0.25) is 0 Å². The highest BCUT2D eigenvalue weighted by atomic mass is 16.2. The summed E-state index contributed by atoms with van der Waals surface area (Å²) in [4.78, 5) is 12.9. The average molecular weight is 264 g/mol. The molecule has 0 spiro atoms. The summed E-state index contributed by atoms with van der Waals surface area (Å²) < 4.78 is 0. The van der Waals surface area contributed by atoms with E-state index >= 15 is 0 Å². The fourth-order valence-electron chi connectivity index (χ4n) is 4.53. The molecule has 3 fully saturated rings. The van der Waals surface area contributed by atoms with Crippen molar-refractivity contribution in [3.05, 3.63) is 0 Å². The van der Waals surface area contributed by atoms with Crippen molar-refractivity contribution in [2.45, 2.75) is 64.3 Å². The van der Waals surface area contributed by atoms with E-state index in [0.717, 1.165) is 19.5 Å². The topological polar surface area (TPSA) is 41.1 Å². The fraction of sp³-hybridized carbons (Fsp3) is 0.938. The van der Waals surface area contributed by atoms with E-state index in [1.165, 1.54) is 44.9 Å². The quantitative estimate of drug-likeness (QED) is 0.804. The molecule has 0 aromatic rings. The third kappa shape index (κ3) is 2.42. The summed E-state index contributed by atoms with van der Waals surface area (Å²) in [7, 11) is 0. The summed E-state index contributed by atoms with van der Waals surface area (Å²) in [6, 6.07) is 0.429. The first-order valence-electron chi connectivity index (χ1n) is 8.24. The Balaban J connectivity index is 1.68. The van der Waals surface area contributed by atoms with Crippen LogP contribution >= 0.6 is 0 Å². The molecule has 1 amide bonds. The third-order valence-corrected chi connectivity index (χ3v) is 5.92. The van der Waals surface area contributed by atoms with Crippen LogP contribution in [0.3, 0.4) is 0 Å². The second kappa shape index (κ2) is 5.43. The van der Waals surface area contributed by atoms with Gasteiger partial charge in [0.2, 0.25) is 5.91 Å². The van der Waals surface area contributed by atoms with E-state index in [-0.39, 0.29) is 5.41 Å². The van der Waals surface area contributed by atoms with E-state index in [4.69, 9.17) is 0 Å². The number of rotatable bonds is 2. The molecule has 108 valence electrons. The third-order valence-electron chi connectivity index (χ3n) is 5.92. The van der Waals surface area contributed by atoms with Crippen molar-refractivity contribution in [1.29, 1.82) is 0 Å². The lowest BCUT2D eigenvalue weighted by Crippen LogP contribution is -2.52. The lowest BCUT2D eigenvalue weighted by atomic mass is 9.67. The highest BCUT2D eigenvalue weighted by molar-refractivity contribution is 5.84. The van der Waals surface area contributed by atoms with E-state index in [0.29, 0.717) is 23.8 Å². The van der Waals surface area contributed by atoms with E-state index in [9.17, 15) is 4.79 Å². The number of hydrogen-bond donors (Lipinski definition) is 2. The van der Waals surface area contributed by atoms with Gasteiger partial charge in [-0.25, -0.2) is 0 Å². The number of carbonyl (C=O) groups is 1. The summed E-state index contributed by atoms with van der Waals surface area (Å²) in [5, 5.41) is 6.90. The molecule has 1 aliphatic heterocycles. The van der Waals surface area contributed by atoms with Crippen LogP contribution in [-0.4, -0.2) is 25.0 Å². The maximum atomic E-state index is 12.9. The van der Waals surface area contributed by atoms with Crippen LogP contribution in [0.25, 0.3) is 0 Å². The van der Waals surface area contributed by atoms with Gasteiger partial charge in [-0.15, -0.1) is 0 Å². The minimum absolute atomic E-state index is 0.0740. The van der Waals surface area contributed by atoms with Gasteiger partial charge in [0, 0.05) is 12.6 Å². The van der Waals surface area contributed by atoms with Crippen molar-refractivity contribution in [3.8, 4) is 0 Å². The molecule has 2 aliphatic carbocycles. The Bertz CT molecular complexity index is 344. The SMILES string of the molecule is CC1CCCCC1NC(=O)[C@@]12CCCC[C@H]1CNC2. The van der Waals surface area contributed by atoms with Crippen LogP contribution in [0.5, 0.6) is 0 Å². The predicted octanol–water partition coefficient (Wildman–Crippen LogP) is 2.46. The monoisotopic (exact) mass is 264 g/mol. The van der Waals surface area contributed by atoms with Crippen LogP contribution in [0.4, 0.5) is 0 Å². The molecule has 3 heteroatoms. The van der Waals surface area contributed by atoms with E-state index in [1.54, 1.807) is 0 Å². The van der Waals surface area contributed by atoms with Crippen LogP contribution in [-0.2, 0) is 4.79 Å². The molecular formula is C16H28N2O. The van der Waals surface area contributed by atoms with Gasteiger partial charge in [0.25, 0.3) is 0 Å². The van der Waals surface area contributed by atoms with Crippen LogP contribution < -0.4 is 10.6 Å². The molecule has 0 aromatic heterocycles. The molecule has 0 bridgehead atoms. The zero-order valence-electron chi connectivity index (χ0n) is 12.2. The van der Waals surface area contributed by atoms with Gasteiger partial charge in [0.05, 0.1) is 5.41 Å².